The number of hydrogen-bond donors (Lipinski definition) is 2. The highest BCUT2D eigenvalue weighted by atomic mass is 79.9. The fraction of sp³-hybridized carbons (Fsp3) is 0.188. The van der Waals surface area contributed by atoms with Gasteiger partial charge < -0.3 is 10.1 Å². The number of rotatable bonds is 8. The fourth-order valence-corrected chi connectivity index (χ4v) is 3.24. The molecule has 6 nitrogen and oxygen atoms in total. The zero-order valence-electron chi connectivity index (χ0n) is 13.0. The number of nitrogens with one attached hydrogen (secondary N) is 2. The van der Waals surface area contributed by atoms with Gasteiger partial charge in [0.2, 0.25) is 10.0 Å². The molecule has 0 fully saturated rings. The van der Waals surface area contributed by atoms with E-state index in [2.05, 4.69) is 26.0 Å². The van der Waals surface area contributed by atoms with Gasteiger partial charge in [-0.05, 0) is 30.3 Å². The van der Waals surface area contributed by atoms with Crippen LogP contribution < -0.4 is 14.8 Å². The number of carbonyl (C=O) groups excluding carboxylic acids is 1. The van der Waals surface area contributed by atoms with Gasteiger partial charge in [-0.2, -0.15) is 0 Å². The van der Waals surface area contributed by atoms with Gasteiger partial charge in [-0.1, -0.05) is 34.1 Å². The second-order valence-electron chi connectivity index (χ2n) is 4.92. The summed E-state index contributed by atoms with van der Waals surface area (Å²) in [5.41, 5.74) is 0. The molecule has 0 spiro atoms. The highest BCUT2D eigenvalue weighted by Crippen LogP contribution is 2.21. The number of sulfonamides is 1. The van der Waals surface area contributed by atoms with Gasteiger partial charge in [0, 0.05) is 17.6 Å². The third-order valence-corrected chi connectivity index (χ3v) is 5.02. The summed E-state index contributed by atoms with van der Waals surface area (Å²) in [6, 6.07) is 12.1. The monoisotopic (exact) mass is 430 g/mol. The van der Waals surface area contributed by atoms with Crippen molar-refractivity contribution >= 4 is 31.9 Å². The maximum absolute atomic E-state index is 13.5. The number of ether oxygens (including phenoxy) is 1. The average Bonchev–Trinajstić information content (AvgIpc) is 2.59. The van der Waals surface area contributed by atoms with Crippen molar-refractivity contribution in [2.75, 3.05) is 19.7 Å². The summed E-state index contributed by atoms with van der Waals surface area (Å²) in [6.45, 7) is -0.267. The Labute approximate surface area is 153 Å². The van der Waals surface area contributed by atoms with E-state index in [1.54, 1.807) is 24.3 Å². The van der Waals surface area contributed by atoms with Crippen LogP contribution in [-0.4, -0.2) is 34.0 Å². The molecule has 134 valence electrons. The summed E-state index contributed by atoms with van der Waals surface area (Å²) in [6.07, 6.45) is 0. The van der Waals surface area contributed by atoms with E-state index in [1.165, 1.54) is 24.3 Å². The number of halogens is 2. The average molecular weight is 431 g/mol. The van der Waals surface area contributed by atoms with E-state index >= 15 is 0 Å². The molecule has 0 aromatic heterocycles. The zero-order chi connectivity index (χ0) is 18.3. The van der Waals surface area contributed by atoms with E-state index in [9.17, 15) is 17.6 Å². The molecule has 0 saturated carbocycles. The molecule has 0 atom stereocenters. The van der Waals surface area contributed by atoms with Crippen LogP contribution in [0.5, 0.6) is 5.75 Å². The van der Waals surface area contributed by atoms with Crippen LogP contribution in [0, 0.1) is 5.82 Å². The van der Waals surface area contributed by atoms with Crippen LogP contribution in [0.15, 0.2) is 57.9 Å². The van der Waals surface area contributed by atoms with Gasteiger partial charge in [0.05, 0.1) is 4.90 Å². The number of hydrogen-bond acceptors (Lipinski definition) is 4. The maximum Gasteiger partial charge on any atom is 0.257 e. The molecule has 0 aliphatic rings. The van der Waals surface area contributed by atoms with Crippen LogP contribution in [0.25, 0.3) is 0 Å². The molecule has 0 heterocycles. The van der Waals surface area contributed by atoms with Crippen molar-refractivity contribution in [3.05, 3.63) is 58.8 Å². The quantitative estimate of drug-likeness (QED) is 0.627. The van der Waals surface area contributed by atoms with Gasteiger partial charge in [-0.3, -0.25) is 4.79 Å². The van der Waals surface area contributed by atoms with Crippen LogP contribution in [-0.2, 0) is 14.8 Å². The molecule has 0 bridgehead atoms. The number of carbonyl (C=O) groups is 1. The highest BCUT2D eigenvalue weighted by Gasteiger charge is 2.12. The molecule has 2 rings (SSSR count). The Hall–Kier alpha value is -1.97. The zero-order valence-corrected chi connectivity index (χ0v) is 15.4. The Morgan fingerprint density at radius 2 is 1.84 bits per heavy atom. The predicted molar refractivity (Wildman–Crippen MR) is 94.2 cm³/mol. The Bertz CT molecular complexity index is 831. The summed E-state index contributed by atoms with van der Waals surface area (Å²) in [7, 11) is -3.61. The first kappa shape index (κ1) is 19.4. The second-order valence-corrected chi connectivity index (χ2v) is 7.61. The van der Waals surface area contributed by atoms with E-state index in [-0.39, 0.29) is 30.3 Å². The van der Waals surface area contributed by atoms with Gasteiger partial charge in [-0.15, -0.1) is 0 Å². The molecular formula is C16H16BrFN2O4S. The molecular weight excluding hydrogens is 415 g/mol. The number of amides is 1. The van der Waals surface area contributed by atoms with E-state index in [4.69, 9.17) is 4.74 Å². The van der Waals surface area contributed by atoms with Crippen LogP contribution in [0.1, 0.15) is 0 Å². The first-order chi connectivity index (χ1) is 11.9. The molecule has 2 N–H and O–H groups in total. The first-order valence-electron chi connectivity index (χ1n) is 7.28. The Morgan fingerprint density at radius 1 is 1.12 bits per heavy atom. The molecule has 2 aromatic rings. The Balaban J connectivity index is 1.72. The largest absolute Gasteiger partial charge is 0.481 e. The summed E-state index contributed by atoms with van der Waals surface area (Å²) in [5, 5.41) is 2.49. The van der Waals surface area contributed by atoms with Crippen LogP contribution in [0.3, 0.4) is 0 Å². The van der Waals surface area contributed by atoms with E-state index in [0.717, 1.165) is 0 Å². The van der Waals surface area contributed by atoms with Gasteiger partial charge in [0.25, 0.3) is 5.91 Å². The van der Waals surface area contributed by atoms with Gasteiger partial charge >= 0.3 is 0 Å². The smallest absolute Gasteiger partial charge is 0.257 e. The Kier molecular flexibility index (Phi) is 6.91. The van der Waals surface area contributed by atoms with Crippen molar-refractivity contribution < 1.29 is 22.3 Å². The van der Waals surface area contributed by atoms with Crippen molar-refractivity contribution in [3.63, 3.8) is 0 Å². The summed E-state index contributed by atoms with van der Waals surface area (Å²) in [5.74, 6) is -1.11. The maximum atomic E-state index is 13.5. The van der Waals surface area contributed by atoms with Crippen molar-refractivity contribution in [1.29, 1.82) is 0 Å². The molecule has 1 amide bonds. The minimum absolute atomic E-state index is 0.0234. The third-order valence-electron chi connectivity index (χ3n) is 3.05. The summed E-state index contributed by atoms with van der Waals surface area (Å²) >= 11 is 3.12. The molecule has 9 heteroatoms. The lowest BCUT2D eigenvalue weighted by Gasteiger charge is -2.09. The van der Waals surface area contributed by atoms with E-state index in [1.807, 2.05) is 0 Å². The van der Waals surface area contributed by atoms with Crippen LogP contribution >= 0.6 is 15.9 Å². The summed E-state index contributed by atoms with van der Waals surface area (Å²) < 4.78 is 45.5. The van der Waals surface area contributed by atoms with E-state index in [0.29, 0.717) is 4.47 Å². The fourth-order valence-electron chi connectivity index (χ4n) is 1.86. The lowest BCUT2D eigenvalue weighted by Crippen LogP contribution is -2.36. The van der Waals surface area contributed by atoms with Crippen LogP contribution in [0.4, 0.5) is 4.39 Å². The van der Waals surface area contributed by atoms with Crippen molar-refractivity contribution in [2.24, 2.45) is 0 Å². The first-order valence-corrected chi connectivity index (χ1v) is 9.55. The van der Waals surface area contributed by atoms with E-state index < -0.39 is 21.7 Å². The third kappa shape index (κ3) is 6.11. The summed E-state index contributed by atoms with van der Waals surface area (Å²) in [4.78, 5) is 11.8. The number of benzene rings is 2. The molecule has 25 heavy (non-hydrogen) atoms. The minimum atomic E-state index is -3.61. The molecule has 0 unspecified atom stereocenters. The van der Waals surface area contributed by atoms with Gasteiger partial charge in [0.15, 0.2) is 18.2 Å². The standard InChI is InChI=1S/C16H16BrFN2O4S/c17-12-6-7-15(14(18)10-12)24-11-16(21)19-8-9-20-25(22,23)13-4-2-1-3-5-13/h1-7,10,20H,8-9,11H2,(H,19,21). The molecule has 0 saturated heterocycles. The van der Waals surface area contributed by atoms with Crippen LogP contribution in [0.2, 0.25) is 0 Å². The van der Waals surface area contributed by atoms with Gasteiger partial charge in [-0.25, -0.2) is 17.5 Å². The lowest BCUT2D eigenvalue weighted by atomic mass is 10.3. The van der Waals surface area contributed by atoms with Crippen molar-refractivity contribution in [2.45, 2.75) is 4.90 Å². The molecule has 0 aliphatic heterocycles. The molecule has 0 radical (unpaired) electrons. The normalized spacial score (nSPS) is 11.1. The van der Waals surface area contributed by atoms with Crippen molar-refractivity contribution in [3.8, 4) is 5.75 Å². The lowest BCUT2D eigenvalue weighted by molar-refractivity contribution is -0.123. The Morgan fingerprint density at radius 3 is 2.52 bits per heavy atom. The predicted octanol–water partition coefficient (Wildman–Crippen LogP) is 2.06. The van der Waals surface area contributed by atoms with Gasteiger partial charge in [0.1, 0.15) is 0 Å². The highest BCUT2D eigenvalue weighted by molar-refractivity contribution is 9.10. The topological polar surface area (TPSA) is 84.5 Å². The SMILES string of the molecule is O=C(COc1ccc(Br)cc1F)NCCNS(=O)(=O)c1ccccc1. The minimum Gasteiger partial charge on any atom is -0.481 e. The second kappa shape index (κ2) is 8.93. The molecule has 0 aliphatic carbocycles. The van der Waals surface area contributed by atoms with Crippen molar-refractivity contribution in [1.82, 2.24) is 10.0 Å². The molecule has 2 aromatic carbocycles.